The van der Waals surface area contributed by atoms with E-state index in [1.165, 1.54) is 0 Å². The molecule has 0 bridgehead atoms. The second kappa shape index (κ2) is 5.33. The van der Waals surface area contributed by atoms with Gasteiger partial charge in [0, 0.05) is 6.54 Å². The maximum absolute atomic E-state index is 4.52. The van der Waals surface area contributed by atoms with Gasteiger partial charge in [0.2, 0.25) is 0 Å². The lowest BCUT2D eigenvalue weighted by Crippen LogP contribution is -2.08. The first-order valence-electron chi connectivity index (χ1n) is 6.63. The fraction of sp³-hybridized carbons (Fsp3) is 0.615. The molecule has 2 heterocycles. The van der Waals surface area contributed by atoms with E-state index in [-0.39, 0.29) is 0 Å². The number of aromatic nitrogens is 4. The summed E-state index contributed by atoms with van der Waals surface area (Å²) in [4.78, 5) is 8.98. The monoisotopic (exact) mass is 247 g/mol. The molecule has 98 valence electrons. The van der Waals surface area contributed by atoms with Crippen LogP contribution in [-0.4, -0.2) is 26.3 Å². The fourth-order valence-corrected chi connectivity index (χ4v) is 1.91. The molecule has 0 aliphatic heterocycles. The molecule has 2 aromatic rings. The van der Waals surface area contributed by atoms with Crippen LogP contribution in [0.15, 0.2) is 6.20 Å². The van der Waals surface area contributed by atoms with E-state index in [1.807, 2.05) is 17.8 Å². The van der Waals surface area contributed by atoms with Crippen LogP contribution < -0.4 is 5.32 Å². The Balaban J connectivity index is 2.50. The maximum atomic E-state index is 4.52. The van der Waals surface area contributed by atoms with Gasteiger partial charge in [0.05, 0.1) is 17.6 Å². The first kappa shape index (κ1) is 12.8. The predicted octanol–water partition coefficient (Wildman–Crippen LogP) is 2.93. The second-order valence-electron chi connectivity index (χ2n) is 4.63. The highest BCUT2D eigenvalue weighted by Crippen LogP contribution is 2.23. The van der Waals surface area contributed by atoms with Crippen molar-refractivity contribution in [3.63, 3.8) is 0 Å². The second-order valence-corrected chi connectivity index (χ2v) is 4.63. The zero-order valence-corrected chi connectivity index (χ0v) is 11.6. The molecule has 1 N–H and O–H groups in total. The number of fused-ring (bicyclic) bond motifs is 1. The van der Waals surface area contributed by atoms with Gasteiger partial charge < -0.3 is 5.32 Å². The molecule has 5 nitrogen and oxygen atoms in total. The maximum Gasteiger partial charge on any atom is 0.163 e. The van der Waals surface area contributed by atoms with Crippen LogP contribution in [0.4, 0.5) is 5.82 Å². The molecule has 1 atom stereocenters. The van der Waals surface area contributed by atoms with Crippen molar-refractivity contribution >= 4 is 16.9 Å². The highest BCUT2D eigenvalue weighted by molar-refractivity contribution is 5.86. The summed E-state index contributed by atoms with van der Waals surface area (Å²) in [5.74, 6) is 1.68. The van der Waals surface area contributed by atoms with Gasteiger partial charge in [0.15, 0.2) is 5.65 Å². The van der Waals surface area contributed by atoms with E-state index >= 15 is 0 Å². The SMILES string of the molecule is CCCNc1nc(C)nc2c1cnn2C(C)CC. The smallest absolute Gasteiger partial charge is 0.163 e. The topological polar surface area (TPSA) is 55.6 Å². The normalized spacial score (nSPS) is 12.9. The van der Waals surface area contributed by atoms with Gasteiger partial charge in [-0.3, -0.25) is 0 Å². The van der Waals surface area contributed by atoms with Gasteiger partial charge in [0.25, 0.3) is 0 Å². The molecule has 18 heavy (non-hydrogen) atoms. The van der Waals surface area contributed by atoms with E-state index < -0.39 is 0 Å². The molecular weight excluding hydrogens is 226 g/mol. The summed E-state index contributed by atoms with van der Waals surface area (Å²) in [5, 5.41) is 8.80. The Hall–Kier alpha value is -1.65. The van der Waals surface area contributed by atoms with Crippen LogP contribution in [0.25, 0.3) is 11.0 Å². The minimum Gasteiger partial charge on any atom is -0.369 e. The van der Waals surface area contributed by atoms with Crippen molar-refractivity contribution in [2.45, 2.75) is 46.6 Å². The van der Waals surface area contributed by atoms with E-state index in [2.05, 4.69) is 41.2 Å². The van der Waals surface area contributed by atoms with Crippen LogP contribution >= 0.6 is 0 Å². The highest BCUT2D eigenvalue weighted by Gasteiger charge is 2.13. The highest BCUT2D eigenvalue weighted by atomic mass is 15.3. The van der Waals surface area contributed by atoms with Gasteiger partial charge in [0.1, 0.15) is 11.6 Å². The summed E-state index contributed by atoms with van der Waals surface area (Å²) in [6.07, 6.45) is 3.97. The lowest BCUT2D eigenvalue weighted by molar-refractivity contribution is 0.489. The number of nitrogens with zero attached hydrogens (tertiary/aromatic N) is 4. The quantitative estimate of drug-likeness (QED) is 0.882. The molecule has 2 rings (SSSR count). The molecule has 2 aromatic heterocycles. The lowest BCUT2D eigenvalue weighted by Gasteiger charge is -2.11. The van der Waals surface area contributed by atoms with E-state index in [1.54, 1.807) is 0 Å². The van der Waals surface area contributed by atoms with Gasteiger partial charge in [-0.2, -0.15) is 5.10 Å². The number of anilines is 1. The average molecular weight is 247 g/mol. The van der Waals surface area contributed by atoms with E-state index in [9.17, 15) is 0 Å². The Morgan fingerprint density at radius 3 is 2.78 bits per heavy atom. The van der Waals surface area contributed by atoms with Crippen LogP contribution in [0, 0.1) is 6.92 Å². The summed E-state index contributed by atoms with van der Waals surface area (Å²) in [6, 6.07) is 0.357. The van der Waals surface area contributed by atoms with Crippen molar-refractivity contribution < 1.29 is 0 Å². The number of rotatable bonds is 5. The van der Waals surface area contributed by atoms with Crippen molar-refractivity contribution in [1.29, 1.82) is 0 Å². The van der Waals surface area contributed by atoms with E-state index in [4.69, 9.17) is 0 Å². The number of hydrogen-bond donors (Lipinski definition) is 1. The number of aryl methyl sites for hydroxylation is 1. The summed E-state index contributed by atoms with van der Waals surface area (Å²) in [5.41, 5.74) is 0.926. The summed E-state index contributed by atoms with van der Waals surface area (Å²) >= 11 is 0. The average Bonchev–Trinajstić information content (AvgIpc) is 2.78. The molecule has 5 heteroatoms. The molecule has 0 fully saturated rings. The third kappa shape index (κ3) is 2.30. The van der Waals surface area contributed by atoms with Crippen LogP contribution in [0.2, 0.25) is 0 Å². The van der Waals surface area contributed by atoms with Crippen LogP contribution in [0.3, 0.4) is 0 Å². The van der Waals surface area contributed by atoms with Crippen LogP contribution in [0.5, 0.6) is 0 Å². The zero-order valence-electron chi connectivity index (χ0n) is 11.6. The largest absolute Gasteiger partial charge is 0.369 e. The predicted molar refractivity (Wildman–Crippen MR) is 73.8 cm³/mol. The molecule has 0 aliphatic rings. The first-order chi connectivity index (χ1) is 8.67. The van der Waals surface area contributed by atoms with Crippen molar-refractivity contribution in [3.05, 3.63) is 12.0 Å². The van der Waals surface area contributed by atoms with Crippen LogP contribution in [0.1, 0.15) is 45.5 Å². The summed E-state index contributed by atoms with van der Waals surface area (Å²) < 4.78 is 1.99. The fourth-order valence-electron chi connectivity index (χ4n) is 1.91. The minimum absolute atomic E-state index is 0.357. The van der Waals surface area contributed by atoms with Gasteiger partial charge in [-0.05, 0) is 26.7 Å². The van der Waals surface area contributed by atoms with Crippen molar-refractivity contribution in [1.82, 2.24) is 19.7 Å². The van der Waals surface area contributed by atoms with E-state index in [0.29, 0.717) is 6.04 Å². The molecular formula is C13H21N5. The Morgan fingerprint density at radius 1 is 1.33 bits per heavy atom. The van der Waals surface area contributed by atoms with Gasteiger partial charge in [-0.15, -0.1) is 0 Å². The molecule has 0 radical (unpaired) electrons. The standard InChI is InChI=1S/C13H21N5/c1-5-7-14-12-11-8-15-18(9(3)6-2)13(11)17-10(4)16-12/h8-9H,5-7H2,1-4H3,(H,14,16,17). The Labute approximate surface area is 108 Å². The third-order valence-electron chi connectivity index (χ3n) is 3.12. The molecule has 0 amide bonds. The zero-order chi connectivity index (χ0) is 13.1. The molecule has 0 spiro atoms. The Bertz CT molecular complexity index is 531. The Morgan fingerprint density at radius 2 is 2.11 bits per heavy atom. The van der Waals surface area contributed by atoms with Gasteiger partial charge in [-0.25, -0.2) is 14.6 Å². The van der Waals surface area contributed by atoms with Crippen LogP contribution in [-0.2, 0) is 0 Å². The van der Waals surface area contributed by atoms with Crippen molar-refractivity contribution in [2.75, 3.05) is 11.9 Å². The minimum atomic E-state index is 0.357. The number of nitrogens with one attached hydrogen (secondary N) is 1. The summed E-state index contributed by atoms with van der Waals surface area (Å²) in [6.45, 7) is 9.29. The third-order valence-corrected chi connectivity index (χ3v) is 3.12. The Kier molecular flexibility index (Phi) is 3.79. The molecule has 0 aliphatic carbocycles. The molecule has 0 aromatic carbocycles. The molecule has 0 saturated carbocycles. The van der Waals surface area contributed by atoms with Gasteiger partial charge >= 0.3 is 0 Å². The van der Waals surface area contributed by atoms with Crippen molar-refractivity contribution in [2.24, 2.45) is 0 Å². The van der Waals surface area contributed by atoms with Crippen molar-refractivity contribution in [3.8, 4) is 0 Å². The molecule has 0 saturated heterocycles. The first-order valence-corrected chi connectivity index (χ1v) is 6.63. The number of hydrogen-bond acceptors (Lipinski definition) is 4. The molecule has 1 unspecified atom stereocenters. The van der Waals surface area contributed by atoms with E-state index in [0.717, 1.165) is 42.1 Å². The van der Waals surface area contributed by atoms with Gasteiger partial charge in [-0.1, -0.05) is 13.8 Å². The summed E-state index contributed by atoms with van der Waals surface area (Å²) in [7, 11) is 0. The lowest BCUT2D eigenvalue weighted by atomic mass is 10.2.